The van der Waals surface area contributed by atoms with E-state index < -0.39 is 0 Å². The van der Waals surface area contributed by atoms with E-state index in [9.17, 15) is 4.79 Å². The molecule has 2 fully saturated rings. The van der Waals surface area contributed by atoms with Gasteiger partial charge < -0.3 is 15.1 Å². The highest BCUT2D eigenvalue weighted by Gasteiger charge is 2.31. The monoisotopic (exact) mass is 372 g/mol. The van der Waals surface area contributed by atoms with Gasteiger partial charge in [-0.05, 0) is 62.3 Å². The molecule has 3 rings (SSSR count). The van der Waals surface area contributed by atoms with E-state index in [0.29, 0.717) is 6.04 Å². The van der Waals surface area contributed by atoms with E-state index in [-0.39, 0.29) is 6.03 Å². The molecule has 5 nitrogen and oxygen atoms in total. The molecule has 5 heteroatoms. The molecule has 0 aromatic heterocycles. The second kappa shape index (κ2) is 8.96. The van der Waals surface area contributed by atoms with Crippen LogP contribution < -0.4 is 10.2 Å². The number of nitrogens with zero attached hydrogens (tertiary/aromatic N) is 3. The van der Waals surface area contributed by atoms with Gasteiger partial charge in [0.2, 0.25) is 0 Å². The van der Waals surface area contributed by atoms with Crippen LogP contribution in [0.4, 0.5) is 10.5 Å². The van der Waals surface area contributed by atoms with Crippen molar-refractivity contribution in [1.82, 2.24) is 15.1 Å². The number of amides is 2. The first kappa shape index (κ1) is 20.0. The normalized spacial score (nSPS) is 23.0. The fourth-order valence-corrected chi connectivity index (χ4v) is 4.41. The Morgan fingerprint density at radius 3 is 2.52 bits per heavy atom. The third-order valence-corrected chi connectivity index (χ3v) is 6.28. The minimum atomic E-state index is 0.0390. The van der Waals surface area contributed by atoms with Gasteiger partial charge in [0.1, 0.15) is 0 Å². The quantitative estimate of drug-likeness (QED) is 0.834. The van der Waals surface area contributed by atoms with Crippen molar-refractivity contribution < 1.29 is 4.79 Å². The zero-order valence-electron chi connectivity index (χ0n) is 17.5. The SMILES string of the molecule is CCc1c(C)cccc1N1CCN(CCC2CC(NC(=O)N(C)C)C2)CC1. The first-order valence-electron chi connectivity index (χ1n) is 10.5. The van der Waals surface area contributed by atoms with Crippen molar-refractivity contribution in [2.24, 2.45) is 5.92 Å². The van der Waals surface area contributed by atoms with Gasteiger partial charge in [0.05, 0.1) is 0 Å². The Bertz CT molecular complexity index is 631. The third-order valence-electron chi connectivity index (χ3n) is 6.28. The summed E-state index contributed by atoms with van der Waals surface area (Å²) in [6.45, 7) is 10.3. The van der Waals surface area contributed by atoms with Gasteiger partial charge in [-0.1, -0.05) is 19.1 Å². The van der Waals surface area contributed by atoms with Crippen molar-refractivity contribution in [2.75, 3.05) is 51.7 Å². The van der Waals surface area contributed by atoms with Gasteiger partial charge in [-0.3, -0.25) is 4.90 Å². The number of carbonyl (C=O) groups excluding carboxylic acids is 1. The number of nitrogens with one attached hydrogen (secondary N) is 1. The summed E-state index contributed by atoms with van der Waals surface area (Å²) in [4.78, 5) is 18.5. The highest BCUT2D eigenvalue weighted by molar-refractivity contribution is 5.73. The summed E-state index contributed by atoms with van der Waals surface area (Å²) in [5.41, 5.74) is 4.36. The number of piperazine rings is 1. The molecule has 2 amide bonds. The Morgan fingerprint density at radius 1 is 1.19 bits per heavy atom. The molecule has 27 heavy (non-hydrogen) atoms. The van der Waals surface area contributed by atoms with Crippen LogP contribution in [0.15, 0.2) is 18.2 Å². The van der Waals surface area contributed by atoms with Gasteiger partial charge in [-0.25, -0.2) is 4.79 Å². The van der Waals surface area contributed by atoms with E-state index in [2.05, 4.69) is 47.2 Å². The molecule has 0 bridgehead atoms. The highest BCUT2D eigenvalue weighted by atomic mass is 16.2. The van der Waals surface area contributed by atoms with Gasteiger partial charge in [0.15, 0.2) is 0 Å². The van der Waals surface area contributed by atoms with E-state index in [1.54, 1.807) is 19.0 Å². The van der Waals surface area contributed by atoms with E-state index in [1.165, 1.54) is 29.8 Å². The zero-order chi connectivity index (χ0) is 19.4. The summed E-state index contributed by atoms with van der Waals surface area (Å²) in [5.74, 6) is 0.777. The predicted molar refractivity (Wildman–Crippen MR) is 113 cm³/mol. The molecular formula is C22H36N4O. The minimum Gasteiger partial charge on any atom is -0.369 e. The Hall–Kier alpha value is -1.75. The van der Waals surface area contributed by atoms with Crippen molar-refractivity contribution >= 4 is 11.7 Å². The Kier molecular flexibility index (Phi) is 6.64. The average molecular weight is 373 g/mol. The van der Waals surface area contributed by atoms with E-state index in [0.717, 1.165) is 51.4 Å². The molecule has 1 aliphatic heterocycles. The highest BCUT2D eigenvalue weighted by Crippen LogP contribution is 2.31. The predicted octanol–water partition coefficient (Wildman–Crippen LogP) is 3.12. The molecule has 1 N–H and O–H groups in total. The van der Waals surface area contributed by atoms with Crippen LogP contribution in [-0.2, 0) is 6.42 Å². The van der Waals surface area contributed by atoms with Gasteiger partial charge in [-0.2, -0.15) is 0 Å². The maximum Gasteiger partial charge on any atom is 0.317 e. The Balaban J connectivity index is 1.38. The van der Waals surface area contributed by atoms with E-state index in [4.69, 9.17) is 0 Å². The first-order chi connectivity index (χ1) is 13.0. The molecule has 1 aliphatic carbocycles. The van der Waals surface area contributed by atoms with Crippen LogP contribution in [0.5, 0.6) is 0 Å². The lowest BCUT2D eigenvalue weighted by molar-refractivity contribution is 0.161. The van der Waals surface area contributed by atoms with Crippen LogP contribution in [-0.4, -0.2) is 68.7 Å². The molecule has 1 heterocycles. The van der Waals surface area contributed by atoms with Crippen molar-refractivity contribution in [2.45, 2.75) is 45.6 Å². The topological polar surface area (TPSA) is 38.8 Å². The van der Waals surface area contributed by atoms with Crippen LogP contribution in [0.2, 0.25) is 0 Å². The molecule has 1 aromatic carbocycles. The van der Waals surface area contributed by atoms with Crippen molar-refractivity contribution in [3.05, 3.63) is 29.3 Å². The van der Waals surface area contributed by atoms with E-state index in [1.807, 2.05) is 0 Å². The Morgan fingerprint density at radius 2 is 1.89 bits per heavy atom. The summed E-state index contributed by atoms with van der Waals surface area (Å²) >= 11 is 0. The van der Waals surface area contributed by atoms with Gasteiger partial charge in [-0.15, -0.1) is 0 Å². The molecule has 1 aromatic rings. The van der Waals surface area contributed by atoms with Gasteiger partial charge in [0.25, 0.3) is 0 Å². The van der Waals surface area contributed by atoms with Gasteiger partial charge >= 0.3 is 6.03 Å². The molecule has 0 radical (unpaired) electrons. The van der Waals surface area contributed by atoms with Crippen molar-refractivity contribution in [3.63, 3.8) is 0 Å². The molecule has 150 valence electrons. The van der Waals surface area contributed by atoms with Crippen LogP contribution in [0, 0.1) is 12.8 Å². The fourth-order valence-electron chi connectivity index (χ4n) is 4.41. The molecule has 0 unspecified atom stereocenters. The minimum absolute atomic E-state index is 0.0390. The fraction of sp³-hybridized carbons (Fsp3) is 0.682. The maximum absolute atomic E-state index is 11.7. The van der Waals surface area contributed by atoms with Crippen LogP contribution in [0.3, 0.4) is 0 Å². The van der Waals surface area contributed by atoms with Crippen molar-refractivity contribution in [3.8, 4) is 0 Å². The summed E-state index contributed by atoms with van der Waals surface area (Å²) in [6, 6.07) is 7.13. The number of hydrogen-bond acceptors (Lipinski definition) is 3. The Labute approximate surface area is 164 Å². The molecule has 0 atom stereocenters. The molecule has 0 spiro atoms. The molecule has 1 saturated carbocycles. The van der Waals surface area contributed by atoms with Crippen LogP contribution in [0.25, 0.3) is 0 Å². The maximum atomic E-state index is 11.7. The van der Waals surface area contributed by atoms with E-state index >= 15 is 0 Å². The largest absolute Gasteiger partial charge is 0.369 e. The second-order valence-corrected chi connectivity index (χ2v) is 8.42. The average Bonchev–Trinajstić information content (AvgIpc) is 2.63. The van der Waals surface area contributed by atoms with Crippen molar-refractivity contribution in [1.29, 1.82) is 0 Å². The number of rotatable bonds is 6. The zero-order valence-corrected chi connectivity index (χ0v) is 17.5. The van der Waals surface area contributed by atoms with Gasteiger partial charge in [0, 0.05) is 52.0 Å². The summed E-state index contributed by atoms with van der Waals surface area (Å²) in [7, 11) is 3.59. The number of anilines is 1. The third kappa shape index (κ3) is 4.95. The number of aryl methyl sites for hydroxylation is 1. The summed E-state index contributed by atoms with van der Waals surface area (Å²) in [5, 5.41) is 3.09. The lowest BCUT2D eigenvalue weighted by Gasteiger charge is -2.40. The standard InChI is InChI=1S/C22H36N4O/c1-5-20-17(2)7-6-8-21(20)26-13-11-25(12-14-26)10-9-18-15-19(16-18)23-22(27)24(3)4/h6-8,18-19H,5,9-16H2,1-4H3,(H,23,27). The summed E-state index contributed by atoms with van der Waals surface area (Å²) < 4.78 is 0. The van der Waals surface area contributed by atoms with Crippen LogP contribution >= 0.6 is 0 Å². The lowest BCUT2D eigenvalue weighted by atomic mass is 9.78. The second-order valence-electron chi connectivity index (χ2n) is 8.42. The molecule has 2 aliphatic rings. The smallest absolute Gasteiger partial charge is 0.317 e. The molecular weight excluding hydrogens is 336 g/mol. The summed E-state index contributed by atoms with van der Waals surface area (Å²) in [6.07, 6.45) is 4.65. The first-order valence-corrected chi connectivity index (χ1v) is 10.5. The number of urea groups is 1. The molecule has 1 saturated heterocycles. The number of carbonyl (C=O) groups is 1. The van der Waals surface area contributed by atoms with Crippen LogP contribution in [0.1, 0.15) is 37.3 Å². The number of hydrogen-bond donors (Lipinski definition) is 1. The number of benzene rings is 1. The lowest BCUT2D eigenvalue weighted by Crippen LogP contribution is -2.50.